The average Bonchev–Trinajstić information content (AvgIpc) is 2.37. The van der Waals surface area contributed by atoms with Crippen LogP contribution in [0.25, 0.3) is 5.69 Å². The third-order valence-corrected chi connectivity index (χ3v) is 3.01. The fraction of sp³-hybridized carbons (Fsp3) is 0. The van der Waals surface area contributed by atoms with Gasteiger partial charge in [0.05, 0.1) is 10.8 Å². The van der Waals surface area contributed by atoms with Crippen LogP contribution >= 0.6 is 23.2 Å². The van der Waals surface area contributed by atoms with Crippen molar-refractivity contribution in [3.8, 4) is 5.69 Å². The zero-order valence-electron chi connectivity index (χ0n) is 9.01. The summed E-state index contributed by atoms with van der Waals surface area (Å²) in [6.07, 6.45) is 0. The molecule has 9 heteroatoms. The molecule has 98 valence electrons. The summed E-state index contributed by atoms with van der Waals surface area (Å²) < 4.78 is 13.5. The van der Waals surface area contributed by atoms with Crippen LogP contribution in [0.4, 0.5) is 10.2 Å². The first-order valence-corrected chi connectivity index (χ1v) is 5.56. The lowest BCUT2D eigenvalue weighted by Crippen LogP contribution is -2.23. The highest BCUT2D eigenvalue weighted by molar-refractivity contribution is 6.43. The summed E-state index contributed by atoms with van der Waals surface area (Å²) in [5, 5.41) is 13.2. The van der Waals surface area contributed by atoms with Crippen molar-refractivity contribution >= 4 is 29.0 Å². The number of nitro groups is 1. The van der Waals surface area contributed by atoms with Crippen LogP contribution in [0.15, 0.2) is 29.1 Å². The smallest absolute Gasteiger partial charge is 0.358 e. The number of hydrogen-bond acceptors (Lipinski definition) is 4. The maximum atomic E-state index is 12.8. The zero-order chi connectivity index (χ0) is 14.2. The van der Waals surface area contributed by atoms with E-state index >= 15 is 0 Å². The molecule has 2 rings (SSSR count). The van der Waals surface area contributed by atoms with E-state index in [4.69, 9.17) is 23.2 Å². The van der Waals surface area contributed by atoms with Gasteiger partial charge in [-0.1, -0.05) is 27.9 Å². The fourth-order valence-corrected chi connectivity index (χ4v) is 1.70. The van der Waals surface area contributed by atoms with E-state index in [2.05, 4.69) is 5.10 Å². The first-order valence-electron chi connectivity index (χ1n) is 4.80. The minimum atomic E-state index is -0.867. The molecule has 0 radical (unpaired) electrons. The van der Waals surface area contributed by atoms with E-state index in [1.165, 1.54) is 12.1 Å². The maximum Gasteiger partial charge on any atom is 0.409 e. The molecule has 0 N–H and O–H groups in total. The van der Waals surface area contributed by atoms with Crippen molar-refractivity contribution < 1.29 is 9.31 Å². The van der Waals surface area contributed by atoms with Gasteiger partial charge in [0.15, 0.2) is 5.02 Å². The first kappa shape index (κ1) is 13.4. The van der Waals surface area contributed by atoms with E-state index in [-0.39, 0.29) is 5.69 Å². The lowest BCUT2D eigenvalue weighted by Gasteiger charge is -2.02. The number of nitrogens with zero attached hydrogens (tertiary/aromatic N) is 3. The molecule has 0 unspecified atom stereocenters. The van der Waals surface area contributed by atoms with Gasteiger partial charge in [-0.05, 0) is 29.2 Å². The van der Waals surface area contributed by atoms with Gasteiger partial charge in [0.2, 0.25) is 0 Å². The lowest BCUT2D eigenvalue weighted by atomic mass is 10.3. The van der Waals surface area contributed by atoms with Gasteiger partial charge in [-0.25, -0.2) is 4.39 Å². The Bertz CT molecular complexity index is 715. The topological polar surface area (TPSA) is 78.0 Å². The predicted octanol–water partition coefficient (Wildman–Crippen LogP) is 2.59. The minimum Gasteiger partial charge on any atom is -0.358 e. The van der Waals surface area contributed by atoms with Crippen molar-refractivity contribution in [1.29, 1.82) is 0 Å². The Morgan fingerprint density at radius 1 is 1.21 bits per heavy atom. The monoisotopic (exact) mass is 303 g/mol. The molecule has 0 fully saturated rings. The summed E-state index contributed by atoms with van der Waals surface area (Å²) in [6, 6.07) is 4.63. The molecule has 1 aromatic carbocycles. The molecule has 2 aromatic rings. The summed E-state index contributed by atoms with van der Waals surface area (Å²) in [6.45, 7) is 0. The number of aromatic nitrogens is 2. The summed E-state index contributed by atoms with van der Waals surface area (Å²) in [7, 11) is 0. The van der Waals surface area contributed by atoms with Crippen molar-refractivity contribution in [2.45, 2.75) is 0 Å². The first-order chi connectivity index (χ1) is 8.91. The molecule has 6 nitrogen and oxygen atoms in total. The van der Waals surface area contributed by atoms with Crippen molar-refractivity contribution in [2.75, 3.05) is 0 Å². The third-order valence-electron chi connectivity index (χ3n) is 2.21. The molecule has 0 aliphatic rings. The van der Waals surface area contributed by atoms with Gasteiger partial charge in [-0.2, -0.15) is 0 Å². The van der Waals surface area contributed by atoms with Gasteiger partial charge < -0.3 is 10.1 Å². The fourth-order valence-electron chi connectivity index (χ4n) is 1.34. The molecule has 0 saturated heterocycles. The second-order valence-corrected chi connectivity index (χ2v) is 4.16. The highest BCUT2D eigenvalue weighted by Gasteiger charge is 2.24. The van der Waals surface area contributed by atoms with Crippen LogP contribution in [-0.4, -0.2) is 14.7 Å². The number of rotatable bonds is 2. The Kier molecular flexibility index (Phi) is 3.50. The normalized spacial score (nSPS) is 10.5. The molecule has 0 saturated carbocycles. The van der Waals surface area contributed by atoms with Crippen LogP contribution in [-0.2, 0) is 0 Å². The maximum absolute atomic E-state index is 12.8. The van der Waals surface area contributed by atoms with Gasteiger partial charge in [0.1, 0.15) is 10.8 Å². The van der Waals surface area contributed by atoms with Gasteiger partial charge >= 0.3 is 11.4 Å². The molecule has 0 atom stereocenters. The van der Waals surface area contributed by atoms with Gasteiger partial charge in [0.25, 0.3) is 0 Å². The SMILES string of the molecule is O=c1c(Cl)c(Cl)c([N+](=O)[O-])nn1-c1ccc(F)cc1. The second-order valence-electron chi connectivity index (χ2n) is 3.40. The Morgan fingerprint density at radius 3 is 2.32 bits per heavy atom. The molecule has 0 aliphatic carbocycles. The molecule has 0 aliphatic heterocycles. The predicted molar refractivity (Wildman–Crippen MR) is 66.5 cm³/mol. The Labute approximate surface area is 115 Å². The van der Waals surface area contributed by atoms with Crippen LogP contribution in [0.1, 0.15) is 0 Å². The van der Waals surface area contributed by atoms with E-state index in [1.807, 2.05) is 0 Å². The van der Waals surface area contributed by atoms with Crippen LogP contribution in [0.3, 0.4) is 0 Å². The lowest BCUT2D eigenvalue weighted by molar-refractivity contribution is -0.390. The van der Waals surface area contributed by atoms with Crippen molar-refractivity contribution in [3.05, 3.63) is 60.6 Å². The highest BCUT2D eigenvalue weighted by atomic mass is 35.5. The van der Waals surface area contributed by atoms with Crippen LogP contribution in [0, 0.1) is 15.9 Å². The molecule has 1 heterocycles. The number of benzene rings is 1. The van der Waals surface area contributed by atoms with E-state index in [1.54, 1.807) is 0 Å². The standard InChI is InChI=1S/C10H4Cl2FN3O3/c11-7-8(12)10(17)15(14-9(7)16(18)19)6-3-1-5(13)2-4-6/h1-4H. The number of halogens is 3. The molecular formula is C10H4Cl2FN3O3. The van der Waals surface area contributed by atoms with Gasteiger partial charge in [0, 0.05) is 0 Å². The highest BCUT2D eigenvalue weighted by Crippen LogP contribution is 2.26. The number of hydrogen-bond donors (Lipinski definition) is 0. The summed E-state index contributed by atoms with van der Waals surface area (Å²) in [5.41, 5.74) is -0.697. The van der Waals surface area contributed by atoms with E-state index in [0.717, 1.165) is 12.1 Å². The van der Waals surface area contributed by atoms with E-state index < -0.39 is 32.2 Å². The summed E-state index contributed by atoms with van der Waals surface area (Å²) >= 11 is 11.2. The molecule has 0 amide bonds. The van der Waals surface area contributed by atoms with Crippen LogP contribution in [0.2, 0.25) is 10.0 Å². The Balaban J connectivity index is 2.74. The summed E-state index contributed by atoms with van der Waals surface area (Å²) in [5.74, 6) is -1.28. The van der Waals surface area contributed by atoms with Gasteiger partial charge in [-0.3, -0.25) is 4.79 Å². The zero-order valence-corrected chi connectivity index (χ0v) is 10.5. The molecular weight excluding hydrogens is 300 g/mol. The minimum absolute atomic E-state index is 0.132. The average molecular weight is 304 g/mol. The molecule has 0 spiro atoms. The van der Waals surface area contributed by atoms with Crippen molar-refractivity contribution in [2.24, 2.45) is 0 Å². The van der Waals surface area contributed by atoms with E-state index in [0.29, 0.717) is 4.68 Å². The Morgan fingerprint density at radius 2 is 1.79 bits per heavy atom. The van der Waals surface area contributed by atoms with Crippen molar-refractivity contribution in [1.82, 2.24) is 9.78 Å². The van der Waals surface area contributed by atoms with Crippen LogP contribution in [0.5, 0.6) is 0 Å². The van der Waals surface area contributed by atoms with Crippen LogP contribution < -0.4 is 5.56 Å². The van der Waals surface area contributed by atoms with Gasteiger partial charge in [-0.15, -0.1) is 0 Å². The summed E-state index contributed by atoms with van der Waals surface area (Å²) in [4.78, 5) is 21.7. The largest absolute Gasteiger partial charge is 0.409 e. The molecule has 19 heavy (non-hydrogen) atoms. The van der Waals surface area contributed by atoms with Crippen molar-refractivity contribution in [3.63, 3.8) is 0 Å². The Hall–Kier alpha value is -1.99. The molecule has 1 aromatic heterocycles. The third kappa shape index (κ3) is 2.42. The molecule has 0 bridgehead atoms. The second kappa shape index (κ2) is 4.94. The van der Waals surface area contributed by atoms with E-state index in [9.17, 15) is 19.3 Å². The quantitative estimate of drug-likeness (QED) is 0.631.